The van der Waals surface area contributed by atoms with Gasteiger partial charge >= 0.3 is 20.2 Å². The molecular formula is C27H28N4O5S2. The molecule has 0 spiro atoms. The van der Waals surface area contributed by atoms with Crippen LogP contribution in [0, 0.1) is 0 Å². The molecule has 0 aliphatic heterocycles. The summed E-state index contributed by atoms with van der Waals surface area (Å²) in [6, 6.07) is 26.3. The Morgan fingerprint density at radius 1 is 0.763 bits per heavy atom. The Kier molecular flexibility index (Phi) is 7.91. The maximum atomic E-state index is 13.2. The van der Waals surface area contributed by atoms with Crippen LogP contribution in [0.5, 0.6) is 0 Å². The van der Waals surface area contributed by atoms with Gasteiger partial charge in [0.1, 0.15) is 4.90 Å². The van der Waals surface area contributed by atoms with Crippen LogP contribution in [0.15, 0.2) is 107 Å². The second kappa shape index (κ2) is 11.1. The molecule has 0 atom stereocenters. The molecule has 0 aromatic heterocycles. The van der Waals surface area contributed by atoms with E-state index in [0.29, 0.717) is 30.0 Å². The largest absolute Gasteiger partial charge is 0.399 e. The Morgan fingerprint density at radius 2 is 1.45 bits per heavy atom. The minimum absolute atomic E-state index is 0.0920. The van der Waals surface area contributed by atoms with E-state index >= 15 is 0 Å². The van der Waals surface area contributed by atoms with Gasteiger partial charge in [0.05, 0.1) is 10.6 Å². The molecule has 4 aromatic rings. The Balaban J connectivity index is 1.60. The zero-order valence-corrected chi connectivity index (χ0v) is 22.2. The maximum absolute atomic E-state index is 13.2. The number of anilines is 5. The summed E-state index contributed by atoms with van der Waals surface area (Å²) in [4.78, 5) is 1.36. The first kappa shape index (κ1) is 27.0. The summed E-state index contributed by atoms with van der Waals surface area (Å²) in [5.41, 5.74) is 14.5. The molecule has 0 aliphatic rings. The van der Waals surface area contributed by atoms with Gasteiger partial charge in [-0.2, -0.15) is 16.8 Å². The summed E-state index contributed by atoms with van der Waals surface area (Å²) in [6.45, 7) is 3.09. The van der Waals surface area contributed by atoms with Gasteiger partial charge in [0.2, 0.25) is 0 Å². The van der Waals surface area contributed by atoms with E-state index in [-0.39, 0.29) is 16.3 Å². The third-order valence-corrected chi connectivity index (χ3v) is 8.85. The molecule has 0 saturated carbocycles. The van der Waals surface area contributed by atoms with Crippen molar-refractivity contribution in [3.63, 3.8) is 0 Å². The summed E-state index contributed by atoms with van der Waals surface area (Å²) < 4.78 is 57.5. The van der Waals surface area contributed by atoms with Crippen LogP contribution in [0.25, 0.3) is 0 Å². The summed E-state index contributed by atoms with van der Waals surface area (Å²) >= 11 is 0. The zero-order chi connectivity index (χ0) is 27.3. The predicted molar refractivity (Wildman–Crippen MR) is 150 cm³/mol. The van der Waals surface area contributed by atoms with Gasteiger partial charge in [0.25, 0.3) is 0 Å². The van der Waals surface area contributed by atoms with Gasteiger partial charge in [-0.15, -0.1) is 3.63 Å². The molecular weight excluding hydrogens is 524 g/mol. The normalized spacial score (nSPS) is 11.7. The van der Waals surface area contributed by atoms with E-state index in [0.717, 1.165) is 11.8 Å². The van der Waals surface area contributed by atoms with Crippen LogP contribution in [0.2, 0.25) is 0 Å². The van der Waals surface area contributed by atoms with Crippen molar-refractivity contribution in [3.05, 3.63) is 103 Å². The number of nitrogens with two attached hydrogens (primary N) is 2. The number of benzene rings is 4. The third-order valence-electron chi connectivity index (χ3n) is 5.71. The van der Waals surface area contributed by atoms with Gasteiger partial charge in [0.15, 0.2) is 0 Å². The molecule has 0 fully saturated rings. The lowest BCUT2D eigenvalue weighted by Gasteiger charge is -2.23. The molecule has 38 heavy (non-hydrogen) atoms. The average Bonchev–Trinajstić information content (AvgIpc) is 2.89. The first-order valence-electron chi connectivity index (χ1n) is 11.7. The number of hydrogen-bond donors (Lipinski definition) is 3. The van der Waals surface area contributed by atoms with Gasteiger partial charge in [-0.25, -0.2) is 0 Å². The van der Waals surface area contributed by atoms with Gasteiger partial charge in [-0.3, -0.25) is 0 Å². The fraction of sp³-hybridized carbons (Fsp3) is 0.111. The summed E-state index contributed by atoms with van der Waals surface area (Å²) in [5.74, 6) is 0. The topological polar surface area (TPSA) is 145 Å². The molecule has 4 aromatic carbocycles. The van der Waals surface area contributed by atoms with Crippen LogP contribution in [-0.4, -0.2) is 23.4 Å². The quantitative estimate of drug-likeness (QED) is 0.238. The molecule has 0 amide bonds. The molecule has 11 heteroatoms. The van der Waals surface area contributed by atoms with E-state index in [2.05, 4.69) is 10.2 Å². The van der Waals surface area contributed by atoms with Gasteiger partial charge in [-0.1, -0.05) is 30.3 Å². The first-order chi connectivity index (χ1) is 18.1. The molecule has 0 saturated heterocycles. The highest BCUT2D eigenvalue weighted by molar-refractivity contribution is 8.00. The fourth-order valence-electron chi connectivity index (χ4n) is 3.81. The van der Waals surface area contributed by atoms with Crippen LogP contribution in [0.4, 0.5) is 28.4 Å². The van der Waals surface area contributed by atoms with Crippen molar-refractivity contribution in [2.45, 2.75) is 23.3 Å². The van der Waals surface area contributed by atoms with E-state index in [1.807, 2.05) is 37.3 Å². The van der Waals surface area contributed by atoms with E-state index in [1.165, 1.54) is 24.3 Å². The number of nitrogens with one attached hydrogen (secondary N) is 1. The van der Waals surface area contributed by atoms with E-state index < -0.39 is 25.1 Å². The van der Waals surface area contributed by atoms with Crippen molar-refractivity contribution >= 4 is 48.7 Å². The first-order valence-corrected chi connectivity index (χ1v) is 14.5. The molecule has 4 rings (SSSR count). The number of para-hydroxylation sites is 1. The standard InChI is InChI=1S/C27H28N4O5S2/c1-2-31(24-8-4-3-5-9-24)19-20-7-6-10-25(17-20)37(32,33)36-38(34,35)27-18-22(29)13-16-26(27)30-23-14-11-21(28)12-15-23/h3-18,30H,2,19,28-29H2,1H3. The molecule has 0 bridgehead atoms. The Morgan fingerprint density at radius 3 is 2.13 bits per heavy atom. The molecule has 198 valence electrons. The maximum Gasteiger partial charge on any atom is 0.313 e. The zero-order valence-electron chi connectivity index (χ0n) is 20.6. The average molecular weight is 553 g/mol. The van der Waals surface area contributed by atoms with Crippen LogP contribution in [-0.2, 0) is 30.4 Å². The van der Waals surface area contributed by atoms with Gasteiger partial charge < -0.3 is 21.7 Å². The molecule has 0 heterocycles. The summed E-state index contributed by atoms with van der Waals surface area (Å²) in [7, 11) is -9.49. The SMILES string of the molecule is CCN(Cc1cccc(S(=O)(=O)OS(=O)(=O)c2cc(N)ccc2Nc2ccc(N)cc2)c1)c1ccccc1. The van der Waals surface area contributed by atoms with E-state index in [4.69, 9.17) is 15.1 Å². The molecule has 5 N–H and O–H groups in total. The number of hydrogen-bond acceptors (Lipinski definition) is 9. The van der Waals surface area contributed by atoms with Crippen molar-refractivity contribution in [2.75, 3.05) is 28.2 Å². The second-order valence-corrected chi connectivity index (χ2v) is 11.7. The number of nitrogen functional groups attached to an aromatic ring is 2. The lowest BCUT2D eigenvalue weighted by atomic mass is 10.2. The summed E-state index contributed by atoms with van der Waals surface area (Å²) in [6.07, 6.45) is 0. The van der Waals surface area contributed by atoms with Crippen molar-refractivity contribution in [1.29, 1.82) is 0 Å². The van der Waals surface area contributed by atoms with Crippen LogP contribution in [0.3, 0.4) is 0 Å². The Labute approximate surface area is 222 Å². The summed E-state index contributed by atoms with van der Waals surface area (Å²) in [5, 5.41) is 2.94. The minimum Gasteiger partial charge on any atom is -0.399 e. The second-order valence-electron chi connectivity index (χ2n) is 8.48. The third kappa shape index (κ3) is 6.43. The van der Waals surface area contributed by atoms with Crippen molar-refractivity contribution in [1.82, 2.24) is 0 Å². The van der Waals surface area contributed by atoms with Gasteiger partial charge in [0, 0.05) is 35.8 Å². The van der Waals surface area contributed by atoms with Crippen molar-refractivity contribution in [3.8, 4) is 0 Å². The monoisotopic (exact) mass is 552 g/mol. The fourth-order valence-corrected chi connectivity index (χ4v) is 6.57. The lowest BCUT2D eigenvalue weighted by Crippen LogP contribution is -2.22. The minimum atomic E-state index is -4.80. The lowest BCUT2D eigenvalue weighted by molar-refractivity contribution is 0.462. The smallest absolute Gasteiger partial charge is 0.313 e. The highest BCUT2D eigenvalue weighted by atomic mass is 32.3. The van der Waals surface area contributed by atoms with E-state index in [1.54, 1.807) is 36.4 Å². The molecule has 9 nitrogen and oxygen atoms in total. The van der Waals surface area contributed by atoms with Crippen LogP contribution < -0.4 is 21.7 Å². The van der Waals surface area contributed by atoms with Crippen LogP contribution >= 0.6 is 0 Å². The van der Waals surface area contributed by atoms with Crippen molar-refractivity contribution in [2.24, 2.45) is 0 Å². The van der Waals surface area contributed by atoms with Gasteiger partial charge in [-0.05, 0) is 79.2 Å². The molecule has 0 unspecified atom stereocenters. The Bertz CT molecular complexity index is 1630. The van der Waals surface area contributed by atoms with Crippen LogP contribution in [0.1, 0.15) is 12.5 Å². The number of rotatable bonds is 10. The Hall–Kier alpha value is -4.06. The number of nitrogens with zero attached hydrogens (tertiary/aromatic N) is 1. The van der Waals surface area contributed by atoms with E-state index in [9.17, 15) is 16.8 Å². The predicted octanol–water partition coefficient (Wildman–Crippen LogP) is 4.72. The highest BCUT2D eigenvalue weighted by Crippen LogP contribution is 2.31. The van der Waals surface area contributed by atoms with Crippen molar-refractivity contribution < 1.29 is 20.5 Å². The molecule has 0 aliphatic carbocycles. The highest BCUT2D eigenvalue weighted by Gasteiger charge is 2.29. The molecule has 0 radical (unpaired) electrons.